The molecular formula is C12H10ClNO3. The van der Waals surface area contributed by atoms with Crippen molar-refractivity contribution >= 4 is 23.5 Å². The monoisotopic (exact) mass is 251 g/mol. The van der Waals surface area contributed by atoms with Gasteiger partial charge in [-0.2, -0.15) is 0 Å². The Hall–Kier alpha value is -1.94. The fourth-order valence-electron chi connectivity index (χ4n) is 1.37. The fourth-order valence-corrected chi connectivity index (χ4v) is 1.57. The van der Waals surface area contributed by atoms with Gasteiger partial charge in [-0.3, -0.25) is 0 Å². The van der Waals surface area contributed by atoms with Gasteiger partial charge in [0.1, 0.15) is 0 Å². The highest BCUT2D eigenvalue weighted by Crippen LogP contribution is 2.18. The van der Waals surface area contributed by atoms with Crippen molar-refractivity contribution in [1.29, 1.82) is 0 Å². The highest BCUT2D eigenvalue weighted by Gasteiger charge is 2.08. The first-order valence-electron chi connectivity index (χ1n) is 4.97. The Morgan fingerprint density at radius 1 is 1.29 bits per heavy atom. The second kappa shape index (κ2) is 4.93. The van der Waals surface area contributed by atoms with E-state index in [0.717, 1.165) is 5.56 Å². The molecule has 0 saturated carbocycles. The molecule has 1 heterocycles. The third-order valence-corrected chi connectivity index (χ3v) is 2.60. The van der Waals surface area contributed by atoms with Crippen LogP contribution in [0.2, 0.25) is 5.02 Å². The second-order valence-electron chi connectivity index (χ2n) is 3.41. The Bertz CT molecular complexity index is 536. The number of furan rings is 1. The molecule has 0 amide bonds. The SMILES string of the molecule is O=C(O)c1ccc(NCc2ccccc2Cl)o1. The maximum Gasteiger partial charge on any atom is 0.371 e. The molecule has 17 heavy (non-hydrogen) atoms. The molecule has 88 valence electrons. The van der Waals surface area contributed by atoms with Gasteiger partial charge >= 0.3 is 5.97 Å². The van der Waals surface area contributed by atoms with Gasteiger partial charge in [0.05, 0.1) is 0 Å². The summed E-state index contributed by atoms with van der Waals surface area (Å²) in [6.45, 7) is 0.478. The van der Waals surface area contributed by atoms with E-state index in [9.17, 15) is 4.79 Å². The topological polar surface area (TPSA) is 62.5 Å². The minimum absolute atomic E-state index is 0.0911. The lowest BCUT2D eigenvalue weighted by atomic mass is 10.2. The number of carboxylic acids is 1. The number of aromatic carboxylic acids is 1. The van der Waals surface area contributed by atoms with Gasteiger partial charge in [-0.25, -0.2) is 4.79 Å². The number of anilines is 1. The predicted molar refractivity (Wildman–Crippen MR) is 64.4 cm³/mol. The first kappa shape index (κ1) is 11.5. The number of rotatable bonds is 4. The molecule has 5 heteroatoms. The van der Waals surface area contributed by atoms with Gasteiger partial charge in [-0.05, 0) is 17.7 Å². The van der Waals surface area contributed by atoms with E-state index in [2.05, 4.69) is 5.32 Å². The van der Waals surface area contributed by atoms with Crippen LogP contribution in [0.1, 0.15) is 16.1 Å². The summed E-state index contributed by atoms with van der Waals surface area (Å²) >= 11 is 5.98. The Morgan fingerprint density at radius 3 is 2.71 bits per heavy atom. The maximum atomic E-state index is 10.6. The van der Waals surface area contributed by atoms with Gasteiger partial charge < -0.3 is 14.8 Å². The molecular weight excluding hydrogens is 242 g/mol. The fraction of sp³-hybridized carbons (Fsp3) is 0.0833. The standard InChI is InChI=1S/C12H10ClNO3/c13-9-4-2-1-3-8(9)7-14-11-6-5-10(17-11)12(15)16/h1-6,14H,7H2,(H,15,16). The van der Waals surface area contributed by atoms with Crippen LogP contribution in [0.5, 0.6) is 0 Å². The molecule has 0 unspecified atom stereocenters. The predicted octanol–water partition coefficient (Wildman–Crippen LogP) is 3.24. The quantitative estimate of drug-likeness (QED) is 0.876. The van der Waals surface area contributed by atoms with Crippen molar-refractivity contribution in [2.45, 2.75) is 6.54 Å². The summed E-state index contributed by atoms with van der Waals surface area (Å²) in [6.07, 6.45) is 0. The van der Waals surface area contributed by atoms with Crippen LogP contribution in [-0.4, -0.2) is 11.1 Å². The zero-order chi connectivity index (χ0) is 12.3. The molecule has 1 aromatic heterocycles. The molecule has 0 fully saturated rings. The molecule has 0 aliphatic rings. The highest BCUT2D eigenvalue weighted by molar-refractivity contribution is 6.31. The molecule has 4 nitrogen and oxygen atoms in total. The zero-order valence-electron chi connectivity index (χ0n) is 8.81. The van der Waals surface area contributed by atoms with E-state index >= 15 is 0 Å². The van der Waals surface area contributed by atoms with E-state index < -0.39 is 5.97 Å². The average molecular weight is 252 g/mol. The first-order chi connectivity index (χ1) is 8.16. The number of hydrogen-bond donors (Lipinski definition) is 2. The molecule has 2 N–H and O–H groups in total. The van der Waals surface area contributed by atoms with Gasteiger partial charge in [0.2, 0.25) is 5.76 Å². The molecule has 0 saturated heterocycles. The molecule has 0 atom stereocenters. The average Bonchev–Trinajstić information content (AvgIpc) is 2.77. The van der Waals surface area contributed by atoms with E-state index in [1.807, 2.05) is 18.2 Å². The number of halogens is 1. The van der Waals surface area contributed by atoms with Crippen LogP contribution in [0, 0.1) is 0 Å². The lowest BCUT2D eigenvalue weighted by molar-refractivity contribution is 0.0663. The molecule has 0 aliphatic carbocycles. The van der Waals surface area contributed by atoms with Crippen LogP contribution in [-0.2, 0) is 6.54 Å². The summed E-state index contributed by atoms with van der Waals surface area (Å²) in [5, 5.41) is 12.3. The molecule has 0 spiro atoms. The Labute approximate surface area is 103 Å². The maximum absolute atomic E-state index is 10.6. The number of carboxylic acid groups (broad SMARTS) is 1. The van der Waals surface area contributed by atoms with Crippen molar-refractivity contribution < 1.29 is 14.3 Å². The summed E-state index contributed by atoms with van der Waals surface area (Å²) in [5.74, 6) is -0.773. The van der Waals surface area contributed by atoms with Gasteiger partial charge in [0.25, 0.3) is 0 Å². The summed E-state index contributed by atoms with van der Waals surface area (Å²) in [7, 11) is 0. The highest BCUT2D eigenvalue weighted by atomic mass is 35.5. The van der Waals surface area contributed by atoms with Crippen molar-refractivity contribution in [1.82, 2.24) is 0 Å². The van der Waals surface area contributed by atoms with Crippen LogP contribution in [0.25, 0.3) is 0 Å². The third-order valence-electron chi connectivity index (χ3n) is 2.23. The lowest BCUT2D eigenvalue weighted by Gasteiger charge is -2.04. The minimum Gasteiger partial charge on any atom is -0.475 e. The van der Waals surface area contributed by atoms with E-state index in [0.29, 0.717) is 17.5 Å². The summed E-state index contributed by atoms with van der Waals surface area (Å²) < 4.78 is 5.05. The lowest BCUT2D eigenvalue weighted by Crippen LogP contribution is -1.99. The summed E-state index contributed by atoms with van der Waals surface area (Å²) in [5.41, 5.74) is 0.919. The van der Waals surface area contributed by atoms with Crippen LogP contribution in [0.3, 0.4) is 0 Å². The van der Waals surface area contributed by atoms with E-state index in [-0.39, 0.29) is 5.76 Å². The van der Waals surface area contributed by atoms with Crippen molar-refractivity contribution in [2.24, 2.45) is 0 Å². The normalized spacial score (nSPS) is 10.2. The van der Waals surface area contributed by atoms with Gasteiger partial charge in [-0.15, -0.1) is 0 Å². The van der Waals surface area contributed by atoms with Crippen LogP contribution >= 0.6 is 11.6 Å². The smallest absolute Gasteiger partial charge is 0.371 e. The number of hydrogen-bond acceptors (Lipinski definition) is 3. The van der Waals surface area contributed by atoms with Gasteiger partial charge in [0.15, 0.2) is 5.88 Å². The zero-order valence-corrected chi connectivity index (χ0v) is 9.57. The number of carbonyl (C=O) groups is 1. The number of nitrogens with one attached hydrogen (secondary N) is 1. The van der Waals surface area contributed by atoms with E-state index in [1.54, 1.807) is 12.1 Å². The molecule has 0 aliphatic heterocycles. The molecule has 2 rings (SSSR count). The summed E-state index contributed by atoms with van der Waals surface area (Å²) in [4.78, 5) is 10.6. The van der Waals surface area contributed by atoms with Crippen LogP contribution < -0.4 is 5.32 Å². The van der Waals surface area contributed by atoms with E-state index in [1.165, 1.54) is 6.07 Å². The van der Waals surface area contributed by atoms with E-state index in [4.69, 9.17) is 21.1 Å². The van der Waals surface area contributed by atoms with Gasteiger partial charge in [0, 0.05) is 17.6 Å². The first-order valence-corrected chi connectivity index (χ1v) is 5.35. The largest absolute Gasteiger partial charge is 0.475 e. The molecule has 2 aromatic rings. The van der Waals surface area contributed by atoms with Crippen molar-refractivity contribution in [3.8, 4) is 0 Å². The Balaban J connectivity index is 2.02. The van der Waals surface area contributed by atoms with Crippen LogP contribution in [0.15, 0.2) is 40.8 Å². The Morgan fingerprint density at radius 2 is 2.06 bits per heavy atom. The third kappa shape index (κ3) is 2.79. The Kier molecular flexibility index (Phi) is 3.35. The van der Waals surface area contributed by atoms with Gasteiger partial charge in [-0.1, -0.05) is 29.8 Å². The minimum atomic E-state index is -1.09. The van der Waals surface area contributed by atoms with Crippen molar-refractivity contribution in [3.05, 3.63) is 52.7 Å². The molecule has 0 bridgehead atoms. The van der Waals surface area contributed by atoms with Crippen molar-refractivity contribution in [3.63, 3.8) is 0 Å². The summed E-state index contributed by atoms with van der Waals surface area (Å²) in [6, 6.07) is 10.4. The molecule has 1 aromatic carbocycles. The van der Waals surface area contributed by atoms with Crippen molar-refractivity contribution in [2.75, 3.05) is 5.32 Å². The number of benzene rings is 1. The molecule has 0 radical (unpaired) electrons. The van der Waals surface area contributed by atoms with Crippen LogP contribution in [0.4, 0.5) is 5.88 Å². The second-order valence-corrected chi connectivity index (χ2v) is 3.82.